The van der Waals surface area contributed by atoms with Gasteiger partial charge in [-0.25, -0.2) is 0 Å². The number of hydrogen-bond donors (Lipinski definition) is 1. The maximum absolute atomic E-state index is 12.3. The highest BCUT2D eigenvalue weighted by atomic mass is 32.2. The van der Waals surface area contributed by atoms with Crippen molar-refractivity contribution in [2.24, 2.45) is 7.05 Å². The fraction of sp³-hybridized carbons (Fsp3) is 0.318. The highest BCUT2D eigenvalue weighted by Gasteiger charge is 2.16. The number of ether oxygens (including phenoxy) is 4. The van der Waals surface area contributed by atoms with Gasteiger partial charge in [0, 0.05) is 18.8 Å². The molecule has 2 heterocycles. The second-order valence-electron chi connectivity index (χ2n) is 7.03. The van der Waals surface area contributed by atoms with Crippen molar-refractivity contribution in [2.75, 3.05) is 24.5 Å². The summed E-state index contributed by atoms with van der Waals surface area (Å²) in [4.78, 5) is 12.3. The van der Waals surface area contributed by atoms with E-state index in [0.29, 0.717) is 46.3 Å². The molecule has 0 spiro atoms. The topological polar surface area (TPSA) is 96.7 Å². The van der Waals surface area contributed by atoms with E-state index in [2.05, 4.69) is 15.5 Å². The zero-order valence-corrected chi connectivity index (χ0v) is 18.9. The number of aromatic nitrogens is 3. The van der Waals surface area contributed by atoms with Crippen molar-refractivity contribution in [1.82, 2.24) is 14.8 Å². The third-order valence-electron chi connectivity index (χ3n) is 4.67. The minimum absolute atomic E-state index is 0.157. The van der Waals surface area contributed by atoms with Crippen LogP contribution in [0.4, 0.5) is 5.69 Å². The van der Waals surface area contributed by atoms with Crippen LogP contribution >= 0.6 is 11.8 Å². The quantitative estimate of drug-likeness (QED) is 0.488. The van der Waals surface area contributed by atoms with Gasteiger partial charge in [0.25, 0.3) is 0 Å². The molecule has 1 aliphatic rings. The molecule has 0 aliphatic carbocycles. The first-order valence-corrected chi connectivity index (χ1v) is 11.1. The van der Waals surface area contributed by atoms with E-state index in [1.54, 1.807) is 18.2 Å². The first-order chi connectivity index (χ1) is 15.5. The fourth-order valence-electron chi connectivity index (χ4n) is 3.04. The lowest BCUT2D eigenvalue weighted by Gasteiger charge is -2.12. The first kappa shape index (κ1) is 21.8. The Kier molecular flexibility index (Phi) is 6.69. The maximum atomic E-state index is 12.3. The number of anilines is 1. The van der Waals surface area contributed by atoms with E-state index >= 15 is 0 Å². The number of benzene rings is 2. The van der Waals surface area contributed by atoms with E-state index in [4.69, 9.17) is 18.9 Å². The van der Waals surface area contributed by atoms with Gasteiger partial charge in [-0.1, -0.05) is 17.8 Å². The van der Waals surface area contributed by atoms with Gasteiger partial charge in [-0.15, -0.1) is 10.2 Å². The first-order valence-electron chi connectivity index (χ1n) is 10.1. The number of nitrogens with one attached hydrogen (secondary N) is 1. The standard InChI is InChI=1S/C22H24N4O5S/c1-4-28-18-9-14(2)5-7-16(18)29-11-20-24-25-22(26(20)3)32-12-21(27)23-15-6-8-17-19(10-15)31-13-30-17/h5-10H,4,11-13H2,1-3H3,(H,23,27). The van der Waals surface area contributed by atoms with Crippen LogP contribution in [0.1, 0.15) is 18.3 Å². The van der Waals surface area contributed by atoms with E-state index in [1.807, 2.05) is 43.7 Å². The zero-order valence-electron chi connectivity index (χ0n) is 18.1. The third-order valence-corrected chi connectivity index (χ3v) is 5.69. The summed E-state index contributed by atoms with van der Waals surface area (Å²) >= 11 is 1.30. The molecule has 1 aliphatic heterocycles. The summed E-state index contributed by atoms with van der Waals surface area (Å²) in [5.41, 5.74) is 1.74. The van der Waals surface area contributed by atoms with Gasteiger partial charge in [-0.3, -0.25) is 4.79 Å². The number of carbonyl (C=O) groups is 1. The van der Waals surface area contributed by atoms with E-state index < -0.39 is 0 Å². The van der Waals surface area contributed by atoms with Crippen LogP contribution in [-0.2, 0) is 18.4 Å². The summed E-state index contributed by atoms with van der Waals surface area (Å²) in [5, 5.41) is 11.8. The molecule has 0 fully saturated rings. The molecule has 3 aromatic rings. The van der Waals surface area contributed by atoms with Gasteiger partial charge in [0.1, 0.15) is 6.61 Å². The summed E-state index contributed by atoms with van der Waals surface area (Å²) in [5.74, 6) is 3.32. The third kappa shape index (κ3) is 5.08. The number of nitrogens with zero attached hydrogens (tertiary/aromatic N) is 3. The number of rotatable bonds is 9. The molecule has 0 saturated carbocycles. The number of carbonyl (C=O) groups excluding carboxylic acids is 1. The van der Waals surface area contributed by atoms with Crippen LogP contribution in [-0.4, -0.2) is 39.8 Å². The zero-order chi connectivity index (χ0) is 22.5. The molecule has 0 radical (unpaired) electrons. The molecule has 1 N–H and O–H groups in total. The Balaban J connectivity index is 1.31. The van der Waals surface area contributed by atoms with E-state index in [9.17, 15) is 4.79 Å². The van der Waals surface area contributed by atoms with Gasteiger partial charge >= 0.3 is 0 Å². The number of thioether (sulfide) groups is 1. The molecular formula is C22H24N4O5S. The highest BCUT2D eigenvalue weighted by Crippen LogP contribution is 2.34. The molecule has 9 nitrogen and oxygen atoms in total. The summed E-state index contributed by atoms with van der Waals surface area (Å²) in [6.07, 6.45) is 0. The minimum atomic E-state index is -0.157. The number of hydrogen-bond acceptors (Lipinski definition) is 8. The summed E-state index contributed by atoms with van der Waals surface area (Å²) < 4.78 is 24.0. The van der Waals surface area contributed by atoms with Gasteiger partial charge in [0.05, 0.1) is 12.4 Å². The Labute approximate surface area is 190 Å². The van der Waals surface area contributed by atoms with Gasteiger partial charge in [-0.2, -0.15) is 0 Å². The Morgan fingerprint density at radius 1 is 1.12 bits per heavy atom. The summed E-state index contributed by atoms with van der Waals surface area (Å²) in [7, 11) is 1.84. The van der Waals surface area contributed by atoms with Crippen LogP contribution in [0.25, 0.3) is 0 Å². The summed E-state index contributed by atoms with van der Waals surface area (Å²) in [6.45, 7) is 4.91. The van der Waals surface area contributed by atoms with E-state index in [1.165, 1.54) is 11.8 Å². The summed E-state index contributed by atoms with van der Waals surface area (Å²) in [6, 6.07) is 11.1. The predicted molar refractivity (Wildman–Crippen MR) is 120 cm³/mol. The Morgan fingerprint density at radius 2 is 1.97 bits per heavy atom. The minimum Gasteiger partial charge on any atom is -0.490 e. The van der Waals surface area contributed by atoms with Crippen molar-refractivity contribution < 1.29 is 23.7 Å². The van der Waals surface area contributed by atoms with Crippen molar-refractivity contribution in [3.8, 4) is 23.0 Å². The molecule has 1 aromatic heterocycles. The molecular weight excluding hydrogens is 432 g/mol. The molecule has 1 amide bonds. The Morgan fingerprint density at radius 3 is 2.81 bits per heavy atom. The normalized spacial score (nSPS) is 12.0. The molecule has 4 rings (SSSR count). The molecule has 2 aromatic carbocycles. The fourth-order valence-corrected chi connectivity index (χ4v) is 3.77. The van der Waals surface area contributed by atoms with Crippen LogP contribution < -0.4 is 24.3 Å². The maximum Gasteiger partial charge on any atom is 0.234 e. The monoisotopic (exact) mass is 456 g/mol. The van der Waals surface area contributed by atoms with Crippen LogP contribution in [0.2, 0.25) is 0 Å². The number of fused-ring (bicyclic) bond motifs is 1. The Bertz CT molecular complexity index is 1120. The lowest BCUT2D eigenvalue weighted by molar-refractivity contribution is -0.113. The highest BCUT2D eigenvalue weighted by molar-refractivity contribution is 7.99. The van der Waals surface area contributed by atoms with Crippen LogP contribution in [0.3, 0.4) is 0 Å². The van der Waals surface area contributed by atoms with Crippen molar-refractivity contribution in [2.45, 2.75) is 25.6 Å². The van der Waals surface area contributed by atoms with Crippen molar-refractivity contribution in [3.63, 3.8) is 0 Å². The van der Waals surface area contributed by atoms with Gasteiger partial charge in [0.2, 0.25) is 12.7 Å². The predicted octanol–water partition coefficient (Wildman–Crippen LogP) is 3.56. The largest absolute Gasteiger partial charge is 0.490 e. The van der Waals surface area contributed by atoms with Gasteiger partial charge in [0.15, 0.2) is 34.0 Å². The average Bonchev–Trinajstić information content (AvgIpc) is 3.38. The molecule has 0 saturated heterocycles. The Hall–Kier alpha value is -3.40. The molecule has 0 bridgehead atoms. The lowest BCUT2D eigenvalue weighted by atomic mass is 10.2. The second-order valence-corrected chi connectivity index (χ2v) is 7.98. The van der Waals surface area contributed by atoms with E-state index in [0.717, 1.165) is 5.56 Å². The molecule has 32 heavy (non-hydrogen) atoms. The molecule has 0 atom stereocenters. The van der Waals surface area contributed by atoms with Crippen LogP contribution in [0.15, 0.2) is 41.6 Å². The van der Waals surface area contributed by atoms with Gasteiger partial charge in [-0.05, 0) is 43.7 Å². The number of aryl methyl sites for hydroxylation is 1. The van der Waals surface area contributed by atoms with Crippen LogP contribution in [0, 0.1) is 6.92 Å². The number of amides is 1. The average molecular weight is 457 g/mol. The van der Waals surface area contributed by atoms with Crippen molar-refractivity contribution in [1.29, 1.82) is 0 Å². The smallest absolute Gasteiger partial charge is 0.234 e. The lowest BCUT2D eigenvalue weighted by Crippen LogP contribution is -2.14. The SMILES string of the molecule is CCOc1cc(C)ccc1OCc1nnc(SCC(=O)Nc2ccc3c(c2)OCO3)n1C. The molecule has 10 heteroatoms. The molecule has 168 valence electrons. The van der Waals surface area contributed by atoms with Crippen molar-refractivity contribution in [3.05, 3.63) is 47.8 Å². The molecule has 0 unspecified atom stereocenters. The van der Waals surface area contributed by atoms with E-state index in [-0.39, 0.29) is 25.1 Å². The van der Waals surface area contributed by atoms with Crippen LogP contribution in [0.5, 0.6) is 23.0 Å². The van der Waals surface area contributed by atoms with Crippen molar-refractivity contribution >= 4 is 23.4 Å². The second kappa shape index (κ2) is 9.82. The van der Waals surface area contributed by atoms with Gasteiger partial charge < -0.3 is 28.8 Å².